The van der Waals surface area contributed by atoms with Crippen LogP contribution in [0, 0.1) is 6.92 Å². The number of aromatic nitrogens is 2. The van der Waals surface area contributed by atoms with Crippen LogP contribution in [0.2, 0.25) is 5.02 Å². The smallest absolute Gasteiger partial charge is 0.276 e. The lowest BCUT2D eigenvalue weighted by molar-refractivity contribution is 0.315. The Kier molecular flexibility index (Phi) is 5.39. The van der Waals surface area contributed by atoms with Gasteiger partial charge in [-0.25, -0.2) is 4.68 Å². The van der Waals surface area contributed by atoms with Crippen molar-refractivity contribution >= 4 is 46.9 Å². The summed E-state index contributed by atoms with van der Waals surface area (Å²) in [4.78, 5) is 4.78. The fourth-order valence-electron chi connectivity index (χ4n) is 2.97. The van der Waals surface area contributed by atoms with Crippen LogP contribution in [0.5, 0.6) is 0 Å². The molecule has 0 saturated heterocycles. The van der Waals surface area contributed by atoms with E-state index in [1.54, 1.807) is 16.8 Å². The Morgan fingerprint density at radius 2 is 1.86 bits per heavy atom. The highest BCUT2D eigenvalue weighted by Crippen LogP contribution is 2.54. The number of para-hydroxylation sites is 1. The van der Waals surface area contributed by atoms with E-state index in [0.29, 0.717) is 23.3 Å². The number of aliphatic imine (C=N–C) groups is 1. The normalized spacial score (nSPS) is 18.3. The van der Waals surface area contributed by atoms with Gasteiger partial charge >= 0.3 is 0 Å². The number of rotatable bonds is 5. The lowest BCUT2D eigenvalue weighted by Crippen LogP contribution is -2.21. The highest BCUT2D eigenvalue weighted by Gasteiger charge is 2.38. The quantitative estimate of drug-likeness (QED) is 0.514. The van der Waals surface area contributed by atoms with E-state index in [1.165, 1.54) is 0 Å². The Morgan fingerprint density at radius 3 is 2.54 bits per heavy atom. The van der Waals surface area contributed by atoms with Gasteiger partial charge in [-0.2, -0.15) is 10.1 Å². The van der Waals surface area contributed by atoms with E-state index in [0.717, 1.165) is 28.7 Å². The van der Waals surface area contributed by atoms with Crippen LogP contribution in [0.4, 0.5) is 5.82 Å². The molecule has 0 amide bonds. The predicted molar refractivity (Wildman–Crippen MR) is 117 cm³/mol. The molecule has 0 radical (unpaired) electrons. The van der Waals surface area contributed by atoms with Crippen LogP contribution in [0.15, 0.2) is 59.6 Å². The summed E-state index contributed by atoms with van der Waals surface area (Å²) in [5.41, 5.74) is 2.48. The molecule has 8 heteroatoms. The third-order valence-corrected chi connectivity index (χ3v) is 7.60. The molecule has 5 nitrogen and oxygen atoms in total. The fourth-order valence-corrected chi connectivity index (χ4v) is 6.07. The van der Waals surface area contributed by atoms with E-state index in [2.05, 4.69) is 0 Å². The van der Waals surface area contributed by atoms with Gasteiger partial charge in [0.15, 0.2) is 5.82 Å². The molecule has 28 heavy (non-hydrogen) atoms. The van der Waals surface area contributed by atoms with Crippen molar-refractivity contribution in [3.8, 4) is 5.69 Å². The molecule has 1 atom stereocenters. The van der Waals surface area contributed by atoms with E-state index in [4.69, 9.17) is 42.5 Å². The average Bonchev–Trinajstić information content (AvgIpc) is 3.05. The summed E-state index contributed by atoms with van der Waals surface area (Å²) >= 11 is 12.0. The zero-order valence-electron chi connectivity index (χ0n) is 15.5. The van der Waals surface area contributed by atoms with Gasteiger partial charge in [0.05, 0.1) is 18.0 Å². The van der Waals surface area contributed by atoms with Crippen LogP contribution in [0.25, 0.3) is 5.69 Å². The van der Waals surface area contributed by atoms with Crippen molar-refractivity contribution in [3.63, 3.8) is 0 Å². The van der Waals surface area contributed by atoms with Crippen molar-refractivity contribution in [1.29, 1.82) is 0 Å². The molecule has 144 valence electrons. The summed E-state index contributed by atoms with van der Waals surface area (Å²) in [6.07, 6.45) is 0.844. The second kappa shape index (κ2) is 7.80. The maximum absolute atomic E-state index is 6.22. The third kappa shape index (κ3) is 3.53. The summed E-state index contributed by atoms with van der Waals surface area (Å²) in [6.45, 7) is 1.67. The van der Waals surface area contributed by atoms with Crippen LogP contribution in [-0.2, 0) is 20.9 Å². The van der Waals surface area contributed by atoms with Crippen molar-refractivity contribution in [1.82, 2.24) is 9.78 Å². The molecule has 0 N–H and O–H groups in total. The lowest BCUT2D eigenvalue weighted by Gasteiger charge is -2.27. The van der Waals surface area contributed by atoms with Gasteiger partial charge in [-0.3, -0.25) is 0 Å². The Morgan fingerprint density at radius 1 is 1.14 bits per heavy atom. The highest BCUT2D eigenvalue weighted by atomic mass is 35.5. The first-order valence-corrected chi connectivity index (χ1v) is 12.0. The predicted octanol–water partition coefficient (Wildman–Crippen LogP) is 5.30. The van der Waals surface area contributed by atoms with Crippen molar-refractivity contribution in [2.45, 2.75) is 20.3 Å². The number of hydrogen-bond acceptors (Lipinski definition) is 5. The van der Waals surface area contributed by atoms with Crippen LogP contribution in [0.1, 0.15) is 24.6 Å². The minimum absolute atomic E-state index is 0.431. The van der Waals surface area contributed by atoms with Gasteiger partial charge in [-0.1, -0.05) is 36.7 Å². The summed E-state index contributed by atoms with van der Waals surface area (Å²) in [5.74, 6) is 1.10. The first-order chi connectivity index (χ1) is 13.5. The first kappa shape index (κ1) is 19.3. The summed E-state index contributed by atoms with van der Waals surface area (Å²) in [5, 5.41) is 6.12. The van der Waals surface area contributed by atoms with Gasteiger partial charge < -0.3 is 9.05 Å². The van der Waals surface area contributed by atoms with E-state index in [-0.39, 0.29) is 0 Å². The molecule has 0 aliphatic carbocycles. The molecule has 0 bridgehead atoms. The Balaban J connectivity index is 1.92. The molecule has 1 aliphatic heterocycles. The molecule has 0 unspecified atom stereocenters. The zero-order valence-corrected chi connectivity index (χ0v) is 18.0. The molecule has 1 aromatic heterocycles. The minimum atomic E-state index is -2.80. The minimum Gasteiger partial charge on any atom is -0.421 e. The molecule has 0 saturated carbocycles. The molecule has 1 aliphatic rings. The monoisotopic (exact) mass is 431 g/mol. The second-order valence-corrected chi connectivity index (χ2v) is 10.1. The van der Waals surface area contributed by atoms with Crippen molar-refractivity contribution in [3.05, 3.63) is 70.9 Å². The fraction of sp³-hybridized carbons (Fsp3) is 0.200. The van der Waals surface area contributed by atoms with Gasteiger partial charge in [0.1, 0.15) is 5.30 Å². The molecular weight excluding hydrogens is 413 g/mol. The van der Waals surface area contributed by atoms with Crippen LogP contribution in [0.3, 0.4) is 0 Å². The number of aryl methyl sites for hydroxylation is 1. The van der Waals surface area contributed by atoms with Crippen LogP contribution in [-0.4, -0.2) is 22.3 Å². The zero-order chi connectivity index (χ0) is 19.7. The van der Waals surface area contributed by atoms with Gasteiger partial charge in [0, 0.05) is 10.6 Å². The van der Waals surface area contributed by atoms with Crippen LogP contribution >= 0.6 is 18.1 Å². The van der Waals surface area contributed by atoms with E-state index >= 15 is 0 Å². The van der Waals surface area contributed by atoms with Crippen LogP contribution < -0.4 is 5.30 Å². The number of benzene rings is 2. The Bertz CT molecular complexity index is 1080. The number of nitrogens with zero attached hydrogens (tertiary/aromatic N) is 3. The molecular formula is C20H19ClN3O2PS. The first-order valence-electron chi connectivity index (χ1n) is 8.96. The Labute approximate surface area is 174 Å². The maximum Gasteiger partial charge on any atom is 0.276 e. The van der Waals surface area contributed by atoms with Gasteiger partial charge in [-0.05, 0) is 61.5 Å². The van der Waals surface area contributed by atoms with Gasteiger partial charge in [0.2, 0.25) is 5.90 Å². The molecule has 2 aromatic carbocycles. The van der Waals surface area contributed by atoms with Crippen molar-refractivity contribution in [2.75, 3.05) is 6.61 Å². The lowest BCUT2D eigenvalue weighted by atomic mass is 10.2. The van der Waals surface area contributed by atoms with E-state index in [1.807, 2.05) is 56.3 Å². The molecule has 2 heterocycles. The number of hydrogen-bond donors (Lipinski definition) is 0. The van der Waals surface area contributed by atoms with E-state index < -0.39 is 6.49 Å². The standard InChI is InChI=1S/C20H19ClN3O2PS/c1-3-13-25-27(28)18-14(2)23-24(17-7-5-4-6-8-17)19(18)22-20(26-27)15-9-11-16(21)12-10-15/h4-12H,3,13H2,1-2H3/t27-/m1/s1. The molecule has 0 fully saturated rings. The summed E-state index contributed by atoms with van der Waals surface area (Å²) in [6, 6.07) is 17.2. The number of halogens is 1. The third-order valence-electron chi connectivity index (χ3n) is 4.25. The molecule has 3 aromatic rings. The van der Waals surface area contributed by atoms with Crippen molar-refractivity contribution < 1.29 is 9.05 Å². The number of fused-ring (bicyclic) bond motifs is 1. The van der Waals surface area contributed by atoms with E-state index in [9.17, 15) is 0 Å². The second-order valence-electron chi connectivity index (χ2n) is 6.35. The Hall–Kier alpha value is -1.98. The average molecular weight is 432 g/mol. The maximum atomic E-state index is 6.22. The largest absolute Gasteiger partial charge is 0.421 e. The van der Waals surface area contributed by atoms with Gasteiger partial charge in [-0.15, -0.1) is 0 Å². The SMILES string of the molecule is CCCO[P@@]1(=S)OC(c2ccc(Cl)cc2)=Nc2c1c(C)nn2-c1ccccc1. The summed E-state index contributed by atoms with van der Waals surface area (Å²) in [7, 11) is 0. The van der Waals surface area contributed by atoms with Crippen molar-refractivity contribution in [2.24, 2.45) is 4.99 Å². The topological polar surface area (TPSA) is 48.6 Å². The van der Waals surface area contributed by atoms with Gasteiger partial charge in [0.25, 0.3) is 6.49 Å². The molecule has 4 rings (SSSR count). The highest BCUT2D eigenvalue weighted by molar-refractivity contribution is 8.13. The molecule has 0 spiro atoms. The summed E-state index contributed by atoms with van der Waals surface area (Å²) < 4.78 is 14.1.